The quantitative estimate of drug-likeness (QED) is 0.655. The van der Waals surface area contributed by atoms with Crippen LogP contribution in [0, 0.1) is 6.92 Å². The molecule has 0 spiro atoms. The molecule has 0 unspecified atom stereocenters. The van der Waals surface area contributed by atoms with E-state index in [1.165, 1.54) is 29.5 Å². The summed E-state index contributed by atoms with van der Waals surface area (Å²) < 4.78 is 0. The third kappa shape index (κ3) is 2.35. The summed E-state index contributed by atoms with van der Waals surface area (Å²) in [6, 6.07) is 8.81. The van der Waals surface area contributed by atoms with E-state index < -0.39 is 0 Å². The standard InChI is InChI=1S/C14H16/c1-12-7-9-14(10-8-12)11-13-5-3-2-4-6-13/h3,5-10H,2,4,11H2,1H3. The molecule has 0 bridgehead atoms. The molecular weight excluding hydrogens is 168 g/mol. The Hall–Kier alpha value is -1.30. The molecule has 1 aliphatic rings. The fourth-order valence-corrected chi connectivity index (χ4v) is 1.74. The first-order valence-corrected chi connectivity index (χ1v) is 5.26. The maximum absolute atomic E-state index is 2.35. The predicted molar refractivity (Wildman–Crippen MR) is 61.3 cm³/mol. The summed E-state index contributed by atoms with van der Waals surface area (Å²) in [4.78, 5) is 0. The first-order valence-electron chi connectivity index (χ1n) is 5.26. The molecule has 2 rings (SSSR count). The molecular formula is C14H16. The second-order valence-corrected chi connectivity index (χ2v) is 3.92. The Morgan fingerprint density at radius 2 is 1.86 bits per heavy atom. The average Bonchev–Trinajstić information content (AvgIpc) is 2.23. The van der Waals surface area contributed by atoms with Crippen molar-refractivity contribution in [1.82, 2.24) is 0 Å². The van der Waals surface area contributed by atoms with Crippen molar-refractivity contribution in [2.45, 2.75) is 26.2 Å². The summed E-state index contributed by atoms with van der Waals surface area (Å²) in [5, 5.41) is 0. The topological polar surface area (TPSA) is 0 Å². The summed E-state index contributed by atoms with van der Waals surface area (Å²) in [5.74, 6) is 0. The maximum Gasteiger partial charge on any atom is -0.00290 e. The summed E-state index contributed by atoms with van der Waals surface area (Å²) in [6.07, 6.45) is 10.4. The SMILES string of the molecule is Cc1ccc(CC2=CCCC=C2)cc1. The van der Waals surface area contributed by atoms with Crippen molar-refractivity contribution in [2.24, 2.45) is 0 Å². The molecule has 0 heteroatoms. The van der Waals surface area contributed by atoms with E-state index in [9.17, 15) is 0 Å². The Bertz CT molecular complexity index is 352. The highest BCUT2D eigenvalue weighted by Gasteiger charge is 1.98. The minimum absolute atomic E-state index is 1.08. The van der Waals surface area contributed by atoms with Crippen LogP contribution in [-0.2, 0) is 6.42 Å². The van der Waals surface area contributed by atoms with Crippen molar-refractivity contribution in [3.8, 4) is 0 Å². The van der Waals surface area contributed by atoms with E-state index in [0.29, 0.717) is 0 Å². The van der Waals surface area contributed by atoms with Gasteiger partial charge >= 0.3 is 0 Å². The molecule has 0 N–H and O–H groups in total. The number of hydrogen-bond donors (Lipinski definition) is 0. The molecule has 0 saturated carbocycles. The van der Waals surface area contributed by atoms with Gasteiger partial charge in [0.25, 0.3) is 0 Å². The third-order valence-electron chi connectivity index (χ3n) is 2.60. The van der Waals surface area contributed by atoms with Gasteiger partial charge in [-0.05, 0) is 37.3 Å². The first kappa shape index (κ1) is 9.26. The predicted octanol–water partition coefficient (Wildman–Crippen LogP) is 3.81. The number of allylic oxidation sites excluding steroid dienone is 4. The summed E-state index contributed by atoms with van der Waals surface area (Å²) in [6.45, 7) is 2.13. The van der Waals surface area contributed by atoms with Crippen LogP contribution in [0.15, 0.2) is 48.1 Å². The van der Waals surface area contributed by atoms with Gasteiger partial charge in [0.2, 0.25) is 0 Å². The second kappa shape index (κ2) is 4.28. The van der Waals surface area contributed by atoms with Crippen molar-refractivity contribution in [1.29, 1.82) is 0 Å². The minimum atomic E-state index is 1.08. The van der Waals surface area contributed by atoms with Crippen LogP contribution < -0.4 is 0 Å². The van der Waals surface area contributed by atoms with Crippen LogP contribution in [0.25, 0.3) is 0 Å². The molecule has 0 heterocycles. The molecule has 0 aliphatic heterocycles. The highest BCUT2D eigenvalue weighted by Crippen LogP contribution is 2.15. The van der Waals surface area contributed by atoms with E-state index in [2.05, 4.69) is 49.4 Å². The Balaban J connectivity index is 2.07. The van der Waals surface area contributed by atoms with Crippen LogP contribution >= 0.6 is 0 Å². The lowest BCUT2D eigenvalue weighted by Crippen LogP contribution is -1.91. The van der Waals surface area contributed by atoms with Crippen molar-refractivity contribution in [3.05, 3.63) is 59.2 Å². The van der Waals surface area contributed by atoms with Gasteiger partial charge in [-0.15, -0.1) is 0 Å². The van der Waals surface area contributed by atoms with Crippen molar-refractivity contribution < 1.29 is 0 Å². The second-order valence-electron chi connectivity index (χ2n) is 3.92. The van der Waals surface area contributed by atoms with Gasteiger partial charge in [0.05, 0.1) is 0 Å². The summed E-state index contributed by atoms with van der Waals surface area (Å²) in [5.41, 5.74) is 4.20. The molecule has 1 aromatic carbocycles. The molecule has 0 atom stereocenters. The zero-order valence-electron chi connectivity index (χ0n) is 8.66. The Morgan fingerprint density at radius 3 is 2.50 bits per heavy atom. The van der Waals surface area contributed by atoms with Crippen LogP contribution in [0.4, 0.5) is 0 Å². The van der Waals surface area contributed by atoms with Crippen molar-refractivity contribution >= 4 is 0 Å². The first-order chi connectivity index (χ1) is 6.84. The van der Waals surface area contributed by atoms with Crippen LogP contribution in [0.3, 0.4) is 0 Å². The lowest BCUT2D eigenvalue weighted by atomic mass is 9.99. The molecule has 0 nitrogen and oxygen atoms in total. The van der Waals surface area contributed by atoms with Crippen LogP contribution in [-0.4, -0.2) is 0 Å². The monoisotopic (exact) mass is 184 g/mol. The zero-order chi connectivity index (χ0) is 9.80. The zero-order valence-corrected chi connectivity index (χ0v) is 8.66. The Kier molecular flexibility index (Phi) is 2.83. The highest BCUT2D eigenvalue weighted by atomic mass is 14.0. The number of hydrogen-bond acceptors (Lipinski definition) is 0. The largest absolute Gasteiger partial charge is 0.0840 e. The van der Waals surface area contributed by atoms with E-state index in [1.807, 2.05) is 0 Å². The summed E-state index contributed by atoms with van der Waals surface area (Å²) in [7, 11) is 0. The molecule has 1 aromatic rings. The van der Waals surface area contributed by atoms with Gasteiger partial charge in [-0.3, -0.25) is 0 Å². The van der Waals surface area contributed by atoms with E-state index in [-0.39, 0.29) is 0 Å². The molecule has 1 aliphatic carbocycles. The van der Waals surface area contributed by atoms with E-state index in [0.717, 1.165) is 6.42 Å². The Morgan fingerprint density at radius 1 is 1.07 bits per heavy atom. The van der Waals surface area contributed by atoms with E-state index in [4.69, 9.17) is 0 Å². The maximum atomic E-state index is 2.35. The fraction of sp³-hybridized carbons (Fsp3) is 0.286. The van der Waals surface area contributed by atoms with Gasteiger partial charge in [-0.25, -0.2) is 0 Å². The smallest absolute Gasteiger partial charge is 0.00290 e. The van der Waals surface area contributed by atoms with E-state index >= 15 is 0 Å². The van der Waals surface area contributed by atoms with Crippen LogP contribution in [0.5, 0.6) is 0 Å². The van der Waals surface area contributed by atoms with Crippen LogP contribution in [0.2, 0.25) is 0 Å². The van der Waals surface area contributed by atoms with Gasteiger partial charge in [0.15, 0.2) is 0 Å². The highest BCUT2D eigenvalue weighted by molar-refractivity contribution is 5.31. The van der Waals surface area contributed by atoms with Crippen LogP contribution in [0.1, 0.15) is 24.0 Å². The normalized spacial score (nSPS) is 15.4. The number of rotatable bonds is 2. The molecule has 72 valence electrons. The molecule has 0 amide bonds. The lowest BCUT2D eigenvalue weighted by Gasteiger charge is -2.07. The molecule has 0 fully saturated rings. The van der Waals surface area contributed by atoms with Gasteiger partial charge in [-0.2, -0.15) is 0 Å². The molecule has 14 heavy (non-hydrogen) atoms. The molecule has 0 radical (unpaired) electrons. The molecule has 0 saturated heterocycles. The van der Waals surface area contributed by atoms with Gasteiger partial charge in [0.1, 0.15) is 0 Å². The Labute approximate surface area is 86.0 Å². The average molecular weight is 184 g/mol. The molecule has 0 aromatic heterocycles. The minimum Gasteiger partial charge on any atom is -0.0840 e. The van der Waals surface area contributed by atoms with Gasteiger partial charge in [-0.1, -0.05) is 48.1 Å². The lowest BCUT2D eigenvalue weighted by molar-refractivity contribution is 0.994. The number of benzene rings is 1. The summed E-state index contributed by atoms with van der Waals surface area (Å²) >= 11 is 0. The fourth-order valence-electron chi connectivity index (χ4n) is 1.74. The van der Waals surface area contributed by atoms with Crippen molar-refractivity contribution in [2.75, 3.05) is 0 Å². The van der Waals surface area contributed by atoms with Crippen molar-refractivity contribution in [3.63, 3.8) is 0 Å². The van der Waals surface area contributed by atoms with Gasteiger partial charge in [0, 0.05) is 0 Å². The number of aryl methyl sites for hydroxylation is 1. The van der Waals surface area contributed by atoms with E-state index in [1.54, 1.807) is 0 Å². The third-order valence-corrected chi connectivity index (χ3v) is 2.60. The van der Waals surface area contributed by atoms with Gasteiger partial charge < -0.3 is 0 Å².